The Morgan fingerprint density at radius 3 is 2.42 bits per heavy atom. The van der Waals surface area contributed by atoms with Crippen LogP contribution < -0.4 is 11.6 Å². The maximum absolute atomic E-state index is 9.81. The van der Waals surface area contributed by atoms with Gasteiger partial charge in [0.1, 0.15) is 5.60 Å². The zero-order chi connectivity index (χ0) is 9.35. The van der Waals surface area contributed by atoms with Crippen molar-refractivity contribution in [2.45, 2.75) is 19.4 Å². The smallest absolute Gasteiger partial charge is 0.213 e. The standard InChI is InChI=1S/C7H16N4O/c1-5(2)7(12)3-11(4-7)6(8)10-9/h5,12H,3-4,9H2,1-2H3,(H2,8,10). The van der Waals surface area contributed by atoms with Crippen molar-refractivity contribution in [3.8, 4) is 0 Å². The molecule has 0 unspecified atom stereocenters. The first kappa shape index (κ1) is 9.12. The third kappa shape index (κ3) is 1.32. The van der Waals surface area contributed by atoms with Crippen molar-refractivity contribution >= 4 is 5.96 Å². The van der Waals surface area contributed by atoms with Crippen molar-refractivity contribution in [3.63, 3.8) is 0 Å². The molecule has 5 N–H and O–H groups in total. The Morgan fingerprint density at radius 1 is 1.58 bits per heavy atom. The fourth-order valence-electron chi connectivity index (χ4n) is 1.22. The van der Waals surface area contributed by atoms with Gasteiger partial charge in [0, 0.05) is 0 Å². The van der Waals surface area contributed by atoms with E-state index in [1.54, 1.807) is 4.90 Å². The zero-order valence-electron chi connectivity index (χ0n) is 7.49. The van der Waals surface area contributed by atoms with Crippen LogP contribution in [0, 0.1) is 5.92 Å². The van der Waals surface area contributed by atoms with E-state index in [0.29, 0.717) is 19.0 Å². The largest absolute Gasteiger partial charge is 0.386 e. The minimum absolute atomic E-state index is 0.235. The SMILES string of the molecule is CC(C)C1(O)CN(/C(N)=N/N)C1. The summed E-state index contributed by atoms with van der Waals surface area (Å²) in [5, 5.41) is 13.2. The van der Waals surface area contributed by atoms with Gasteiger partial charge in [0.2, 0.25) is 5.96 Å². The molecule has 0 saturated carbocycles. The number of nitrogens with zero attached hydrogens (tertiary/aromatic N) is 2. The molecule has 0 aromatic heterocycles. The van der Waals surface area contributed by atoms with Crippen LogP contribution in [0.3, 0.4) is 0 Å². The Balaban J connectivity index is 2.47. The molecule has 12 heavy (non-hydrogen) atoms. The van der Waals surface area contributed by atoms with E-state index >= 15 is 0 Å². The summed E-state index contributed by atoms with van der Waals surface area (Å²) in [6.45, 7) is 5.01. The first-order valence-corrected chi connectivity index (χ1v) is 4.00. The van der Waals surface area contributed by atoms with Crippen LogP contribution in [0.15, 0.2) is 5.10 Å². The summed E-state index contributed by atoms with van der Waals surface area (Å²) < 4.78 is 0. The van der Waals surface area contributed by atoms with E-state index < -0.39 is 5.60 Å². The fourth-order valence-corrected chi connectivity index (χ4v) is 1.22. The number of hydrogen-bond acceptors (Lipinski definition) is 3. The fraction of sp³-hybridized carbons (Fsp3) is 0.857. The summed E-state index contributed by atoms with van der Waals surface area (Å²) in [5.74, 6) is 5.51. The van der Waals surface area contributed by atoms with Gasteiger partial charge in [-0.3, -0.25) is 0 Å². The molecule has 0 spiro atoms. The Hall–Kier alpha value is -0.970. The number of likely N-dealkylation sites (tertiary alicyclic amines) is 1. The topological polar surface area (TPSA) is 87.9 Å². The monoisotopic (exact) mass is 172 g/mol. The molecule has 0 amide bonds. The van der Waals surface area contributed by atoms with Crippen LogP contribution in [-0.2, 0) is 0 Å². The minimum atomic E-state index is -0.616. The van der Waals surface area contributed by atoms with Crippen LogP contribution in [-0.4, -0.2) is 34.7 Å². The van der Waals surface area contributed by atoms with Crippen molar-refractivity contribution in [1.29, 1.82) is 0 Å². The van der Waals surface area contributed by atoms with Crippen molar-refractivity contribution in [2.75, 3.05) is 13.1 Å². The molecular formula is C7H16N4O. The van der Waals surface area contributed by atoms with Gasteiger partial charge in [-0.1, -0.05) is 13.8 Å². The molecule has 1 heterocycles. The molecule has 70 valence electrons. The van der Waals surface area contributed by atoms with Crippen molar-refractivity contribution < 1.29 is 5.11 Å². The van der Waals surface area contributed by atoms with Gasteiger partial charge in [-0.25, -0.2) is 0 Å². The molecule has 1 fully saturated rings. The van der Waals surface area contributed by atoms with Crippen LogP contribution in [0.4, 0.5) is 0 Å². The van der Waals surface area contributed by atoms with Crippen LogP contribution in [0.2, 0.25) is 0 Å². The molecule has 5 heteroatoms. The van der Waals surface area contributed by atoms with Gasteiger partial charge in [-0.05, 0) is 5.92 Å². The average Bonchev–Trinajstić information content (AvgIpc) is 1.96. The summed E-state index contributed by atoms with van der Waals surface area (Å²) in [6.07, 6.45) is 0. The second kappa shape index (κ2) is 2.82. The molecule has 1 saturated heterocycles. The third-order valence-electron chi connectivity index (χ3n) is 2.46. The van der Waals surface area contributed by atoms with E-state index in [0.717, 1.165) is 0 Å². The highest BCUT2D eigenvalue weighted by Gasteiger charge is 2.44. The van der Waals surface area contributed by atoms with Gasteiger partial charge in [0.05, 0.1) is 13.1 Å². The van der Waals surface area contributed by atoms with E-state index in [-0.39, 0.29) is 5.92 Å². The molecule has 1 aliphatic heterocycles. The normalized spacial score (nSPS) is 22.7. The highest BCUT2D eigenvalue weighted by atomic mass is 16.3. The number of aliphatic hydroxyl groups is 1. The summed E-state index contributed by atoms with van der Waals surface area (Å²) in [6, 6.07) is 0. The van der Waals surface area contributed by atoms with Gasteiger partial charge in [0.15, 0.2) is 0 Å². The Kier molecular flexibility index (Phi) is 2.14. The number of hydrogen-bond donors (Lipinski definition) is 3. The second-order valence-corrected chi connectivity index (χ2v) is 3.60. The molecule has 1 aliphatic rings. The molecule has 5 nitrogen and oxygen atoms in total. The molecule has 0 radical (unpaired) electrons. The molecule has 0 aromatic rings. The molecular weight excluding hydrogens is 156 g/mol. The first-order valence-electron chi connectivity index (χ1n) is 4.00. The average molecular weight is 172 g/mol. The van der Waals surface area contributed by atoms with E-state index in [2.05, 4.69) is 5.10 Å². The summed E-state index contributed by atoms with van der Waals surface area (Å²) in [4.78, 5) is 1.75. The van der Waals surface area contributed by atoms with Crippen molar-refractivity contribution in [2.24, 2.45) is 22.6 Å². The maximum atomic E-state index is 9.81. The predicted molar refractivity (Wildman–Crippen MR) is 47.2 cm³/mol. The first-order chi connectivity index (χ1) is 5.49. The summed E-state index contributed by atoms with van der Waals surface area (Å²) in [7, 11) is 0. The van der Waals surface area contributed by atoms with Crippen LogP contribution in [0.5, 0.6) is 0 Å². The second-order valence-electron chi connectivity index (χ2n) is 3.60. The Labute approximate surface area is 72.0 Å². The minimum Gasteiger partial charge on any atom is -0.386 e. The van der Waals surface area contributed by atoms with Gasteiger partial charge < -0.3 is 21.6 Å². The highest BCUT2D eigenvalue weighted by Crippen LogP contribution is 2.27. The molecule has 0 bridgehead atoms. The number of nitrogens with two attached hydrogens (primary N) is 2. The van der Waals surface area contributed by atoms with E-state index in [9.17, 15) is 5.11 Å². The number of β-amino-alcohol motifs (C(OH)–C–C–N with tert-alkyl or cyclic N) is 1. The molecule has 0 atom stereocenters. The summed E-state index contributed by atoms with van der Waals surface area (Å²) in [5.41, 5.74) is 4.82. The van der Waals surface area contributed by atoms with Gasteiger partial charge in [-0.15, -0.1) is 5.10 Å². The maximum Gasteiger partial charge on any atom is 0.213 e. The van der Waals surface area contributed by atoms with Gasteiger partial charge >= 0.3 is 0 Å². The van der Waals surface area contributed by atoms with Crippen LogP contribution >= 0.6 is 0 Å². The lowest BCUT2D eigenvalue weighted by atomic mass is 9.83. The molecule has 1 rings (SSSR count). The Morgan fingerprint density at radius 2 is 2.08 bits per heavy atom. The van der Waals surface area contributed by atoms with Crippen molar-refractivity contribution in [3.05, 3.63) is 0 Å². The quantitative estimate of drug-likeness (QED) is 0.202. The predicted octanol–water partition coefficient (Wildman–Crippen LogP) is -1.12. The van der Waals surface area contributed by atoms with E-state index in [4.69, 9.17) is 11.6 Å². The van der Waals surface area contributed by atoms with E-state index in [1.165, 1.54) is 0 Å². The molecule has 0 aromatic carbocycles. The highest BCUT2D eigenvalue weighted by molar-refractivity contribution is 5.78. The lowest BCUT2D eigenvalue weighted by molar-refractivity contribution is -0.0998. The number of hydrazone groups is 1. The summed E-state index contributed by atoms with van der Waals surface area (Å²) >= 11 is 0. The Bertz CT molecular complexity index is 196. The van der Waals surface area contributed by atoms with Gasteiger partial charge in [-0.2, -0.15) is 0 Å². The lowest BCUT2D eigenvalue weighted by Gasteiger charge is -2.49. The van der Waals surface area contributed by atoms with E-state index in [1.807, 2.05) is 13.8 Å². The number of rotatable bonds is 1. The molecule has 0 aliphatic carbocycles. The third-order valence-corrected chi connectivity index (χ3v) is 2.46. The van der Waals surface area contributed by atoms with Crippen LogP contribution in [0.1, 0.15) is 13.8 Å². The van der Waals surface area contributed by atoms with Crippen LogP contribution in [0.25, 0.3) is 0 Å². The van der Waals surface area contributed by atoms with Gasteiger partial charge in [0.25, 0.3) is 0 Å². The number of guanidine groups is 1. The van der Waals surface area contributed by atoms with Crippen molar-refractivity contribution in [1.82, 2.24) is 4.90 Å². The lowest BCUT2D eigenvalue weighted by Crippen LogP contribution is -2.67. The zero-order valence-corrected chi connectivity index (χ0v) is 7.49.